The lowest BCUT2D eigenvalue weighted by Crippen LogP contribution is -2.49. The number of hydrogen-bond acceptors (Lipinski definition) is 6. The van der Waals surface area contributed by atoms with Gasteiger partial charge in [-0.3, -0.25) is 9.69 Å². The number of ether oxygens (including phenoxy) is 3. The van der Waals surface area contributed by atoms with Gasteiger partial charge in [0.1, 0.15) is 24.7 Å². The maximum Gasteiger partial charge on any atom is 0.338 e. The Morgan fingerprint density at radius 2 is 1.73 bits per heavy atom. The van der Waals surface area contributed by atoms with E-state index in [9.17, 15) is 14.4 Å². The number of esters is 1. The number of amides is 3. The van der Waals surface area contributed by atoms with Gasteiger partial charge in [-0.05, 0) is 32.0 Å². The van der Waals surface area contributed by atoms with Crippen molar-refractivity contribution in [3.63, 3.8) is 0 Å². The van der Waals surface area contributed by atoms with Crippen LogP contribution in [0.1, 0.15) is 25.5 Å². The summed E-state index contributed by atoms with van der Waals surface area (Å²) in [5, 5.41) is 5.60. The average Bonchev–Trinajstić information content (AvgIpc) is 3.19. The molecule has 172 valence electrons. The first-order valence-corrected chi connectivity index (χ1v) is 10.7. The summed E-state index contributed by atoms with van der Waals surface area (Å²) in [4.78, 5) is 39.6. The standard InChI is InChI=1S/C24H25N3O6/c1-3-31-18-11-7-5-9-15(18)22-21-17(14-33-23(21)29)27(24(30)26-22)13-20(28)25-16-10-6-8-12-19(16)32-4-2/h5-12,22H,3-4,13-14H2,1-2H3,(H,25,28)(H,26,30)/t22-/m0/s1. The second-order valence-electron chi connectivity index (χ2n) is 7.35. The number of carbonyl (C=O) groups is 3. The van der Waals surface area contributed by atoms with E-state index < -0.39 is 23.9 Å². The molecule has 2 aromatic rings. The molecule has 2 aliphatic rings. The van der Waals surface area contributed by atoms with Crippen molar-refractivity contribution < 1.29 is 28.6 Å². The Labute approximate surface area is 191 Å². The van der Waals surface area contributed by atoms with E-state index in [1.54, 1.807) is 42.5 Å². The predicted molar refractivity (Wildman–Crippen MR) is 120 cm³/mol. The molecule has 2 aliphatic heterocycles. The quantitative estimate of drug-likeness (QED) is 0.598. The van der Waals surface area contributed by atoms with Gasteiger partial charge in [-0.1, -0.05) is 30.3 Å². The second-order valence-corrected chi connectivity index (χ2v) is 7.35. The van der Waals surface area contributed by atoms with Crippen LogP contribution in [0.25, 0.3) is 0 Å². The number of hydrogen-bond donors (Lipinski definition) is 2. The van der Waals surface area contributed by atoms with Gasteiger partial charge in [-0.2, -0.15) is 0 Å². The van der Waals surface area contributed by atoms with Crippen LogP contribution in [-0.4, -0.2) is 49.2 Å². The summed E-state index contributed by atoms with van der Waals surface area (Å²) in [7, 11) is 0. The molecule has 2 heterocycles. The molecule has 2 aromatic carbocycles. The summed E-state index contributed by atoms with van der Waals surface area (Å²) in [6.45, 7) is 4.21. The highest BCUT2D eigenvalue weighted by Crippen LogP contribution is 2.38. The largest absolute Gasteiger partial charge is 0.494 e. The fourth-order valence-electron chi connectivity index (χ4n) is 3.90. The SMILES string of the molecule is CCOc1ccccc1NC(=O)CN1C(=O)N[C@@H](c2ccccc2OCC)C2=C1COC2=O. The molecule has 0 saturated heterocycles. The molecule has 0 bridgehead atoms. The molecule has 2 N–H and O–H groups in total. The summed E-state index contributed by atoms with van der Waals surface area (Å²) >= 11 is 0. The van der Waals surface area contributed by atoms with Gasteiger partial charge in [0, 0.05) is 5.56 Å². The average molecular weight is 451 g/mol. The van der Waals surface area contributed by atoms with Crippen LogP contribution in [0.4, 0.5) is 10.5 Å². The third kappa shape index (κ3) is 4.48. The second kappa shape index (κ2) is 9.64. The molecule has 0 fully saturated rings. The lowest BCUT2D eigenvalue weighted by atomic mass is 9.95. The number of urea groups is 1. The molecule has 1 atom stereocenters. The highest BCUT2D eigenvalue weighted by atomic mass is 16.5. The number of carbonyl (C=O) groups excluding carboxylic acids is 3. The van der Waals surface area contributed by atoms with Crippen LogP contribution in [0, 0.1) is 0 Å². The summed E-state index contributed by atoms with van der Waals surface area (Å²) in [6.07, 6.45) is 0. The van der Waals surface area contributed by atoms with Gasteiger partial charge in [-0.15, -0.1) is 0 Å². The van der Waals surface area contributed by atoms with E-state index in [2.05, 4.69) is 10.6 Å². The molecule has 9 nitrogen and oxygen atoms in total. The van der Waals surface area contributed by atoms with E-state index in [-0.39, 0.29) is 13.2 Å². The Kier molecular flexibility index (Phi) is 6.48. The smallest absolute Gasteiger partial charge is 0.338 e. The fraction of sp³-hybridized carbons (Fsp3) is 0.292. The van der Waals surface area contributed by atoms with Crippen LogP contribution in [0.15, 0.2) is 59.8 Å². The number of cyclic esters (lactones) is 1. The minimum Gasteiger partial charge on any atom is -0.494 e. The van der Waals surface area contributed by atoms with Crippen LogP contribution >= 0.6 is 0 Å². The maximum absolute atomic E-state index is 13.0. The number of benzene rings is 2. The van der Waals surface area contributed by atoms with Gasteiger partial charge in [0.2, 0.25) is 5.91 Å². The summed E-state index contributed by atoms with van der Waals surface area (Å²) in [5.74, 6) is 0.129. The van der Waals surface area contributed by atoms with Gasteiger partial charge in [0.05, 0.1) is 36.2 Å². The van der Waals surface area contributed by atoms with Crippen LogP contribution in [-0.2, 0) is 14.3 Å². The number of nitrogens with zero attached hydrogens (tertiary/aromatic N) is 1. The summed E-state index contributed by atoms with van der Waals surface area (Å²) in [5.41, 5.74) is 1.81. The van der Waals surface area contributed by atoms with Crippen LogP contribution in [0.5, 0.6) is 11.5 Å². The van der Waals surface area contributed by atoms with Crippen molar-refractivity contribution >= 4 is 23.6 Å². The van der Waals surface area contributed by atoms with E-state index in [1.807, 2.05) is 19.9 Å². The number of anilines is 1. The van der Waals surface area contributed by atoms with E-state index in [1.165, 1.54) is 4.90 Å². The van der Waals surface area contributed by atoms with Crippen molar-refractivity contribution in [3.05, 3.63) is 65.4 Å². The first-order valence-electron chi connectivity index (χ1n) is 10.7. The topological polar surface area (TPSA) is 106 Å². The Morgan fingerprint density at radius 3 is 2.48 bits per heavy atom. The Balaban J connectivity index is 1.60. The van der Waals surface area contributed by atoms with Crippen LogP contribution < -0.4 is 20.1 Å². The predicted octanol–water partition coefficient (Wildman–Crippen LogP) is 3.00. The zero-order valence-corrected chi connectivity index (χ0v) is 18.4. The fourth-order valence-corrected chi connectivity index (χ4v) is 3.90. The van der Waals surface area contributed by atoms with E-state index in [0.29, 0.717) is 47.2 Å². The highest BCUT2D eigenvalue weighted by Gasteiger charge is 2.43. The number of rotatable bonds is 8. The third-order valence-electron chi connectivity index (χ3n) is 5.29. The van der Waals surface area contributed by atoms with Gasteiger partial charge < -0.3 is 24.8 Å². The normalized spacial score (nSPS) is 17.3. The molecule has 0 spiro atoms. The minimum atomic E-state index is -0.733. The van der Waals surface area contributed by atoms with Crippen LogP contribution in [0.2, 0.25) is 0 Å². The van der Waals surface area contributed by atoms with Crippen molar-refractivity contribution in [2.75, 3.05) is 31.7 Å². The van der Waals surface area contributed by atoms with Crippen molar-refractivity contribution in [1.82, 2.24) is 10.2 Å². The van der Waals surface area contributed by atoms with Gasteiger partial charge >= 0.3 is 12.0 Å². The van der Waals surface area contributed by atoms with Crippen LogP contribution in [0.3, 0.4) is 0 Å². The number of nitrogens with one attached hydrogen (secondary N) is 2. The molecule has 0 radical (unpaired) electrons. The Bertz CT molecular complexity index is 1110. The third-order valence-corrected chi connectivity index (χ3v) is 5.29. The number of para-hydroxylation sites is 3. The molecule has 0 unspecified atom stereocenters. The Morgan fingerprint density at radius 1 is 1.06 bits per heavy atom. The molecule has 9 heteroatoms. The van der Waals surface area contributed by atoms with E-state index in [0.717, 1.165) is 0 Å². The molecule has 3 amide bonds. The van der Waals surface area contributed by atoms with Crippen molar-refractivity contribution in [2.45, 2.75) is 19.9 Å². The first kappa shape index (κ1) is 22.2. The van der Waals surface area contributed by atoms with Gasteiger partial charge in [0.15, 0.2) is 0 Å². The van der Waals surface area contributed by atoms with Crippen molar-refractivity contribution in [1.29, 1.82) is 0 Å². The summed E-state index contributed by atoms with van der Waals surface area (Å²) < 4.78 is 16.5. The molecule has 4 rings (SSSR count). The monoisotopic (exact) mass is 451 g/mol. The Hall–Kier alpha value is -4.01. The molecular formula is C24H25N3O6. The zero-order chi connectivity index (χ0) is 23.4. The zero-order valence-electron chi connectivity index (χ0n) is 18.4. The van der Waals surface area contributed by atoms with E-state index >= 15 is 0 Å². The highest BCUT2D eigenvalue weighted by molar-refractivity contribution is 6.00. The summed E-state index contributed by atoms with van der Waals surface area (Å²) in [6, 6.07) is 13.0. The lowest BCUT2D eigenvalue weighted by molar-refractivity contribution is -0.136. The minimum absolute atomic E-state index is 0.0856. The van der Waals surface area contributed by atoms with E-state index in [4.69, 9.17) is 14.2 Å². The first-order chi connectivity index (χ1) is 16.0. The molecular weight excluding hydrogens is 426 g/mol. The van der Waals surface area contributed by atoms with Gasteiger partial charge in [-0.25, -0.2) is 9.59 Å². The molecule has 0 aliphatic carbocycles. The lowest BCUT2D eigenvalue weighted by Gasteiger charge is -2.33. The molecule has 33 heavy (non-hydrogen) atoms. The van der Waals surface area contributed by atoms with Crippen molar-refractivity contribution in [3.8, 4) is 11.5 Å². The van der Waals surface area contributed by atoms with Crippen molar-refractivity contribution in [2.24, 2.45) is 0 Å². The molecule has 0 saturated carbocycles. The molecule has 0 aromatic heterocycles. The maximum atomic E-state index is 13.0. The van der Waals surface area contributed by atoms with Gasteiger partial charge in [0.25, 0.3) is 0 Å².